The van der Waals surface area contributed by atoms with Crippen molar-refractivity contribution >= 4 is 23.9 Å². The highest BCUT2D eigenvalue weighted by molar-refractivity contribution is 5.82. The zero-order valence-electron chi connectivity index (χ0n) is 55.0. The molecule has 0 N–H and O–H groups in total. The van der Waals surface area contributed by atoms with E-state index in [0.29, 0.717) is 25.7 Å². The number of hydrogen-bond acceptors (Lipinski definition) is 8. The Kier molecular flexibility index (Phi) is 20.7. The topological polar surface area (TPSA) is 105 Å². The van der Waals surface area contributed by atoms with E-state index >= 15 is 19.2 Å². The molecule has 4 aromatic rings. The molecule has 4 aromatic carbocycles. The van der Waals surface area contributed by atoms with Gasteiger partial charge in [0.1, 0.15) is 31.8 Å². The summed E-state index contributed by atoms with van der Waals surface area (Å²) in [7, 11) is 0. The first kappa shape index (κ1) is 68.3. The molecule has 0 atom stereocenters. The first-order chi connectivity index (χ1) is 36.8. The molecule has 0 aliphatic carbocycles. The summed E-state index contributed by atoms with van der Waals surface area (Å²) in [6.45, 7) is 48.0. The normalized spacial score (nSPS) is 14.0. The minimum atomic E-state index is -1.65. The van der Waals surface area contributed by atoms with Crippen LogP contribution in [0.2, 0.25) is 0 Å². The third-order valence-corrected chi connectivity index (χ3v) is 18.9. The smallest absolute Gasteiger partial charge is 0.313 e. The van der Waals surface area contributed by atoms with Crippen LogP contribution in [0.25, 0.3) is 0 Å². The Morgan fingerprint density at radius 1 is 0.247 bits per heavy atom. The van der Waals surface area contributed by atoms with Crippen LogP contribution < -0.4 is 0 Å². The van der Waals surface area contributed by atoms with Crippen LogP contribution in [0.1, 0.15) is 188 Å². The molecule has 0 aromatic heterocycles. The molecular weight excluding hydrogens is 1000 g/mol. The molecule has 0 amide bonds. The predicted molar refractivity (Wildman–Crippen MR) is 332 cm³/mol. The van der Waals surface area contributed by atoms with Crippen LogP contribution in [-0.2, 0) is 63.8 Å². The third-order valence-electron chi connectivity index (χ3n) is 18.9. The van der Waals surface area contributed by atoms with E-state index < -0.39 is 121 Å². The van der Waals surface area contributed by atoms with Gasteiger partial charge in [-0.1, -0.05) is 287 Å². The largest absolute Gasteiger partial charge is 0.464 e. The second kappa shape index (κ2) is 24.5. The van der Waals surface area contributed by atoms with E-state index in [1.165, 1.54) is 0 Å². The first-order valence-electron chi connectivity index (χ1n) is 29.7. The summed E-state index contributed by atoms with van der Waals surface area (Å²) in [4.78, 5) is 63.8. The van der Waals surface area contributed by atoms with Crippen LogP contribution in [0.3, 0.4) is 0 Å². The Hall–Kier alpha value is -5.24. The maximum Gasteiger partial charge on any atom is 0.313 e. The van der Waals surface area contributed by atoms with Crippen molar-refractivity contribution in [1.29, 1.82) is 0 Å². The molecule has 0 aliphatic heterocycles. The van der Waals surface area contributed by atoms with Crippen molar-refractivity contribution in [2.75, 3.05) is 26.4 Å². The van der Waals surface area contributed by atoms with Gasteiger partial charge >= 0.3 is 23.9 Å². The average molecular weight is 1110 g/mol. The van der Waals surface area contributed by atoms with E-state index in [1.807, 2.05) is 121 Å². The average Bonchev–Trinajstić information content (AvgIpc) is 3.33. The van der Waals surface area contributed by atoms with Gasteiger partial charge in [-0.15, -0.1) is 0 Å². The van der Waals surface area contributed by atoms with Gasteiger partial charge in [-0.3, -0.25) is 19.2 Å². The molecular formula is C73H108O8. The van der Waals surface area contributed by atoms with E-state index in [9.17, 15) is 0 Å². The summed E-state index contributed by atoms with van der Waals surface area (Å²) in [6, 6.07) is 40.0. The second-order valence-electron chi connectivity index (χ2n) is 32.1. The Morgan fingerprint density at radius 2 is 0.383 bits per heavy atom. The number of ether oxygens (including phenoxy) is 4. The number of rotatable bonds is 20. The maximum atomic E-state index is 16.0. The van der Waals surface area contributed by atoms with Crippen LogP contribution in [0.4, 0.5) is 0 Å². The predicted octanol–water partition coefficient (Wildman–Crippen LogP) is 17.4. The Labute approximate surface area is 492 Å². The van der Waals surface area contributed by atoms with Crippen molar-refractivity contribution in [3.05, 3.63) is 144 Å². The molecule has 0 heterocycles. The summed E-state index contributed by atoms with van der Waals surface area (Å²) in [6.07, 6.45) is 1.46. The van der Waals surface area contributed by atoms with Gasteiger partial charge in [-0.05, 0) is 91.3 Å². The minimum Gasteiger partial charge on any atom is -0.464 e. The van der Waals surface area contributed by atoms with Gasteiger partial charge in [-0.2, -0.15) is 0 Å². The zero-order valence-corrected chi connectivity index (χ0v) is 55.0. The number of carbonyl (C=O) groups is 4. The summed E-state index contributed by atoms with van der Waals surface area (Å²) in [5.74, 6) is -1.86. The highest BCUT2D eigenvalue weighted by Crippen LogP contribution is 2.59. The van der Waals surface area contributed by atoms with Gasteiger partial charge < -0.3 is 18.9 Å². The molecule has 0 saturated heterocycles. The van der Waals surface area contributed by atoms with Crippen LogP contribution in [-0.4, -0.2) is 50.3 Å². The maximum absolute atomic E-state index is 16.0. The van der Waals surface area contributed by atoms with Crippen molar-refractivity contribution in [3.8, 4) is 0 Å². The number of hydrogen-bond donors (Lipinski definition) is 0. The Bertz CT molecular complexity index is 2240. The molecule has 81 heavy (non-hydrogen) atoms. The summed E-state index contributed by atoms with van der Waals surface area (Å²) < 4.78 is 27.7. The van der Waals surface area contributed by atoms with Crippen molar-refractivity contribution in [3.63, 3.8) is 0 Å². The molecule has 448 valence electrons. The van der Waals surface area contributed by atoms with Crippen molar-refractivity contribution in [2.24, 2.45) is 70.4 Å². The van der Waals surface area contributed by atoms with Gasteiger partial charge in [0, 0.05) is 0 Å². The molecule has 0 bridgehead atoms. The molecule has 8 nitrogen and oxygen atoms in total. The van der Waals surface area contributed by atoms with Crippen LogP contribution in [0.5, 0.6) is 0 Å². The lowest BCUT2D eigenvalue weighted by molar-refractivity contribution is -0.201. The molecule has 0 fully saturated rings. The third kappa shape index (κ3) is 14.2. The molecule has 0 saturated carbocycles. The lowest BCUT2D eigenvalue weighted by atomic mass is 9.51. The van der Waals surface area contributed by atoms with Gasteiger partial charge in [0.2, 0.25) is 0 Å². The van der Waals surface area contributed by atoms with Crippen LogP contribution >= 0.6 is 0 Å². The van der Waals surface area contributed by atoms with Crippen LogP contribution in [0, 0.1) is 70.4 Å². The summed E-state index contributed by atoms with van der Waals surface area (Å²) >= 11 is 0. The quantitative estimate of drug-likeness (QED) is 0.0637. The number of carbonyl (C=O) groups excluding carboxylic acids is 4. The Morgan fingerprint density at radius 3 is 0.506 bits per heavy atom. The second-order valence-corrected chi connectivity index (χ2v) is 32.1. The lowest BCUT2D eigenvalue weighted by Crippen LogP contribution is -2.58. The molecule has 8 heteroatoms. The highest BCUT2D eigenvalue weighted by Gasteiger charge is 2.62. The fraction of sp³-hybridized carbons (Fsp3) is 0.616. The van der Waals surface area contributed by atoms with E-state index in [4.69, 9.17) is 18.9 Å². The van der Waals surface area contributed by atoms with Crippen molar-refractivity contribution in [1.82, 2.24) is 0 Å². The summed E-state index contributed by atoms with van der Waals surface area (Å²) in [5, 5.41) is 0. The highest BCUT2D eigenvalue weighted by atomic mass is 16.6. The van der Waals surface area contributed by atoms with Crippen molar-refractivity contribution < 1.29 is 38.1 Å². The van der Waals surface area contributed by atoms with E-state index in [0.717, 1.165) is 22.3 Å². The van der Waals surface area contributed by atoms with Gasteiger partial charge in [0.05, 0.1) is 21.7 Å². The molecule has 0 spiro atoms. The number of benzene rings is 4. The molecule has 0 aliphatic rings. The molecule has 4 rings (SSSR count). The van der Waals surface area contributed by atoms with E-state index in [2.05, 4.69) is 166 Å². The standard InChI is InChI=1S/C73H108O8/c1-61(2,3)70(62(4,5)6,45-53-37-29-25-30-38-53)57(74)78-49-69(50-79-58(75)71(63(7,8)9,64(10,11)12)46-54-39-31-26-32-40-54,51-80-59(76)72(65(13,14)15,66(16,17)18)47-55-41-33-27-34-42-55)52-81-60(77)73(67(19,20)21,68(22,23)24)48-56-43-35-28-36-44-56/h25-44H,45-52H2,1-24H3. The van der Waals surface area contributed by atoms with Gasteiger partial charge in [0.15, 0.2) is 0 Å². The zero-order chi connectivity index (χ0) is 61.7. The van der Waals surface area contributed by atoms with E-state index in [1.54, 1.807) is 0 Å². The SMILES string of the molecule is CC(C)(C)C(Cc1ccccc1)(C(=O)OCC(COC(=O)C(Cc1ccccc1)(C(C)(C)C)C(C)(C)C)(COC(=O)C(Cc1ccccc1)(C(C)(C)C)C(C)(C)C)COC(=O)C(Cc1ccccc1)(C(C)(C)C)C(C)(C)C)C(C)(C)C. The Balaban J connectivity index is 2.12. The fourth-order valence-electron chi connectivity index (χ4n) is 14.6. The monoisotopic (exact) mass is 1110 g/mol. The van der Waals surface area contributed by atoms with Gasteiger partial charge in [0.25, 0.3) is 0 Å². The molecule has 0 unspecified atom stereocenters. The number of esters is 4. The minimum absolute atomic E-state index is 0.364. The first-order valence-corrected chi connectivity index (χ1v) is 29.7. The summed E-state index contributed by atoms with van der Waals surface area (Å²) in [5.41, 5.74) is -7.55. The van der Waals surface area contributed by atoms with Crippen molar-refractivity contribution in [2.45, 2.75) is 192 Å². The van der Waals surface area contributed by atoms with Crippen LogP contribution in [0.15, 0.2) is 121 Å². The van der Waals surface area contributed by atoms with Gasteiger partial charge in [-0.25, -0.2) is 0 Å². The molecule has 0 radical (unpaired) electrons. The lowest BCUT2D eigenvalue weighted by Gasteiger charge is -2.53. The fourth-order valence-corrected chi connectivity index (χ4v) is 14.6. The van der Waals surface area contributed by atoms with E-state index in [-0.39, 0.29) is 0 Å².